The number of hydrogen-bond donors (Lipinski definition) is 0. The van der Waals surface area contributed by atoms with Gasteiger partial charge in [-0.15, -0.1) is 0 Å². The fraction of sp³-hybridized carbons (Fsp3) is 0.469. The molecule has 2 aromatic rings. The SMILES string of the molecule is CCCCC1C=C(F)C(c2ccc(C(=O)Oc3ccc(C4CCC(CCC)CC4)c(F)c3F)cc2)=CC1. The van der Waals surface area contributed by atoms with Crippen molar-refractivity contribution in [3.8, 4) is 5.75 Å². The Morgan fingerprint density at radius 3 is 2.27 bits per heavy atom. The largest absolute Gasteiger partial charge is 0.420 e. The molecule has 198 valence electrons. The Labute approximate surface area is 218 Å². The van der Waals surface area contributed by atoms with E-state index in [-0.39, 0.29) is 23.2 Å². The maximum Gasteiger partial charge on any atom is 0.343 e. The molecule has 1 fully saturated rings. The Kier molecular flexibility index (Phi) is 9.28. The summed E-state index contributed by atoms with van der Waals surface area (Å²) in [6.07, 6.45) is 13.6. The van der Waals surface area contributed by atoms with E-state index in [1.807, 2.05) is 6.08 Å². The summed E-state index contributed by atoms with van der Waals surface area (Å²) in [5, 5.41) is 0. The highest BCUT2D eigenvalue weighted by molar-refractivity contribution is 5.92. The van der Waals surface area contributed by atoms with Crippen LogP contribution in [0, 0.1) is 23.5 Å². The second-order valence-electron chi connectivity index (χ2n) is 10.5. The Hall–Kier alpha value is -2.82. The molecule has 2 nitrogen and oxygen atoms in total. The van der Waals surface area contributed by atoms with Crippen LogP contribution < -0.4 is 4.74 Å². The highest BCUT2D eigenvalue weighted by Gasteiger charge is 2.27. The Morgan fingerprint density at radius 1 is 0.892 bits per heavy atom. The van der Waals surface area contributed by atoms with Crippen molar-refractivity contribution in [2.45, 2.75) is 84.0 Å². The molecular formula is C32H37F3O2. The van der Waals surface area contributed by atoms with Gasteiger partial charge in [0.2, 0.25) is 5.82 Å². The van der Waals surface area contributed by atoms with E-state index in [1.165, 1.54) is 24.6 Å². The summed E-state index contributed by atoms with van der Waals surface area (Å²) in [4.78, 5) is 12.6. The lowest BCUT2D eigenvalue weighted by atomic mass is 9.77. The van der Waals surface area contributed by atoms with E-state index in [2.05, 4.69) is 13.8 Å². The third-order valence-corrected chi connectivity index (χ3v) is 7.89. The van der Waals surface area contributed by atoms with Crippen LogP contribution in [0.3, 0.4) is 0 Å². The first-order valence-corrected chi connectivity index (χ1v) is 13.8. The highest BCUT2D eigenvalue weighted by atomic mass is 19.2. The van der Waals surface area contributed by atoms with Crippen LogP contribution in [0.1, 0.15) is 105 Å². The van der Waals surface area contributed by atoms with Crippen LogP contribution in [-0.2, 0) is 0 Å². The Morgan fingerprint density at radius 2 is 1.62 bits per heavy atom. The lowest BCUT2D eigenvalue weighted by Gasteiger charge is -2.29. The minimum Gasteiger partial charge on any atom is -0.420 e. The molecule has 4 rings (SSSR count). The first-order valence-electron chi connectivity index (χ1n) is 13.8. The van der Waals surface area contributed by atoms with Gasteiger partial charge in [-0.2, -0.15) is 4.39 Å². The zero-order chi connectivity index (χ0) is 26.4. The lowest BCUT2D eigenvalue weighted by Crippen LogP contribution is -2.15. The van der Waals surface area contributed by atoms with Crippen molar-refractivity contribution < 1.29 is 22.7 Å². The molecule has 5 heteroatoms. The van der Waals surface area contributed by atoms with E-state index in [1.54, 1.807) is 24.3 Å². The van der Waals surface area contributed by atoms with Gasteiger partial charge in [-0.3, -0.25) is 0 Å². The summed E-state index contributed by atoms with van der Waals surface area (Å²) in [6.45, 7) is 4.29. The smallest absolute Gasteiger partial charge is 0.343 e. The van der Waals surface area contributed by atoms with Gasteiger partial charge in [-0.25, -0.2) is 13.6 Å². The number of allylic oxidation sites excluding steroid dienone is 4. The zero-order valence-corrected chi connectivity index (χ0v) is 21.9. The number of rotatable bonds is 9. The van der Waals surface area contributed by atoms with Gasteiger partial charge in [0.05, 0.1) is 5.56 Å². The summed E-state index contributed by atoms with van der Waals surface area (Å²) in [5.74, 6) is -2.63. The average molecular weight is 511 g/mol. The molecule has 37 heavy (non-hydrogen) atoms. The molecule has 0 radical (unpaired) electrons. The van der Waals surface area contributed by atoms with Crippen LogP contribution in [0.15, 0.2) is 54.4 Å². The van der Waals surface area contributed by atoms with Crippen molar-refractivity contribution in [2.75, 3.05) is 0 Å². The number of benzene rings is 2. The summed E-state index contributed by atoms with van der Waals surface area (Å²) >= 11 is 0. The van der Waals surface area contributed by atoms with Gasteiger partial charge in [0.15, 0.2) is 11.6 Å². The van der Waals surface area contributed by atoms with Gasteiger partial charge in [0, 0.05) is 5.57 Å². The fourth-order valence-electron chi connectivity index (χ4n) is 5.71. The minimum atomic E-state index is -1.13. The van der Waals surface area contributed by atoms with Crippen LogP contribution in [0.2, 0.25) is 0 Å². The summed E-state index contributed by atoms with van der Waals surface area (Å²) in [5.41, 5.74) is 1.72. The number of ether oxygens (including phenoxy) is 1. The number of esters is 1. The van der Waals surface area contributed by atoms with Crippen molar-refractivity contribution in [3.63, 3.8) is 0 Å². The van der Waals surface area contributed by atoms with Crippen LogP contribution in [0.4, 0.5) is 13.2 Å². The average Bonchev–Trinajstić information content (AvgIpc) is 2.91. The molecule has 0 amide bonds. The second kappa shape index (κ2) is 12.6. The van der Waals surface area contributed by atoms with Gasteiger partial charge in [0.1, 0.15) is 5.83 Å². The normalized spacial score (nSPS) is 21.8. The molecule has 1 saturated carbocycles. The van der Waals surface area contributed by atoms with Gasteiger partial charge < -0.3 is 4.74 Å². The number of hydrogen-bond acceptors (Lipinski definition) is 2. The third-order valence-electron chi connectivity index (χ3n) is 7.89. The van der Waals surface area contributed by atoms with Crippen LogP contribution >= 0.6 is 0 Å². The van der Waals surface area contributed by atoms with E-state index in [0.717, 1.165) is 57.8 Å². The molecule has 1 unspecified atom stereocenters. The third kappa shape index (κ3) is 6.55. The standard InChI is InChI=1S/C32H37F3O2/c1-3-5-7-22-10-17-26(28(33)20-22)23-13-15-25(16-14-23)32(36)37-29-19-18-27(30(34)31(29)35)24-11-8-21(6-4-2)9-12-24/h13-22,24H,3-12H2,1-2H3. The van der Waals surface area contributed by atoms with Crippen molar-refractivity contribution in [2.24, 2.45) is 11.8 Å². The van der Waals surface area contributed by atoms with Gasteiger partial charge in [-0.1, -0.05) is 63.8 Å². The van der Waals surface area contributed by atoms with Gasteiger partial charge >= 0.3 is 5.97 Å². The van der Waals surface area contributed by atoms with Crippen LogP contribution in [0.25, 0.3) is 5.57 Å². The van der Waals surface area contributed by atoms with E-state index in [4.69, 9.17) is 4.74 Å². The molecule has 1 atom stereocenters. The predicted octanol–water partition coefficient (Wildman–Crippen LogP) is 9.70. The quantitative estimate of drug-likeness (QED) is 0.248. The van der Waals surface area contributed by atoms with Crippen LogP contribution in [0.5, 0.6) is 5.75 Å². The predicted molar refractivity (Wildman–Crippen MR) is 142 cm³/mol. The first-order chi connectivity index (χ1) is 17.9. The Balaban J connectivity index is 1.39. The fourth-order valence-corrected chi connectivity index (χ4v) is 5.71. The molecule has 0 bridgehead atoms. The molecule has 0 N–H and O–H groups in total. The van der Waals surface area contributed by atoms with E-state index < -0.39 is 23.4 Å². The van der Waals surface area contributed by atoms with Crippen molar-refractivity contribution in [3.05, 3.63) is 82.7 Å². The van der Waals surface area contributed by atoms with Crippen molar-refractivity contribution in [1.82, 2.24) is 0 Å². The summed E-state index contributed by atoms with van der Waals surface area (Å²) in [7, 11) is 0. The number of unbranched alkanes of at least 4 members (excludes halogenated alkanes) is 1. The van der Waals surface area contributed by atoms with E-state index in [9.17, 15) is 18.0 Å². The number of carbonyl (C=O) groups is 1. The lowest BCUT2D eigenvalue weighted by molar-refractivity contribution is 0.0726. The van der Waals surface area contributed by atoms with Gasteiger partial charge in [0.25, 0.3) is 0 Å². The molecule has 2 aliphatic carbocycles. The van der Waals surface area contributed by atoms with Crippen molar-refractivity contribution >= 4 is 11.5 Å². The van der Waals surface area contributed by atoms with Crippen LogP contribution in [-0.4, -0.2) is 5.97 Å². The molecule has 0 aromatic heterocycles. The maximum absolute atomic E-state index is 14.9. The molecule has 0 spiro atoms. The zero-order valence-electron chi connectivity index (χ0n) is 21.9. The first kappa shape index (κ1) is 27.2. The topological polar surface area (TPSA) is 26.3 Å². The molecule has 0 saturated heterocycles. The minimum absolute atomic E-state index is 0.00892. The monoisotopic (exact) mass is 510 g/mol. The molecule has 0 heterocycles. The summed E-state index contributed by atoms with van der Waals surface area (Å²) < 4.78 is 49.7. The van der Waals surface area contributed by atoms with E-state index in [0.29, 0.717) is 22.6 Å². The molecular weight excluding hydrogens is 473 g/mol. The second-order valence-corrected chi connectivity index (χ2v) is 10.5. The number of halogens is 3. The van der Waals surface area contributed by atoms with Gasteiger partial charge in [-0.05, 0) is 91.7 Å². The molecule has 0 aliphatic heterocycles. The maximum atomic E-state index is 14.9. The highest BCUT2D eigenvalue weighted by Crippen LogP contribution is 2.40. The molecule has 2 aromatic carbocycles. The summed E-state index contributed by atoms with van der Waals surface area (Å²) in [6, 6.07) is 9.24. The molecule has 2 aliphatic rings. The number of carbonyl (C=O) groups excluding carboxylic acids is 1. The Bertz CT molecular complexity index is 1140. The van der Waals surface area contributed by atoms with Crippen molar-refractivity contribution in [1.29, 1.82) is 0 Å². The van der Waals surface area contributed by atoms with E-state index >= 15 is 0 Å².